The van der Waals surface area contributed by atoms with E-state index in [0.29, 0.717) is 23.8 Å². The third-order valence-corrected chi connectivity index (χ3v) is 6.93. The highest BCUT2D eigenvalue weighted by Gasteiger charge is 2.37. The molecule has 5 N–H and O–H groups in total. The molecule has 0 bridgehead atoms. The van der Waals surface area contributed by atoms with Crippen molar-refractivity contribution in [3.8, 4) is 0 Å². The number of piperidine rings is 1. The van der Waals surface area contributed by atoms with Crippen molar-refractivity contribution in [3.05, 3.63) is 32.5 Å². The smallest absolute Gasteiger partial charge is 0.347 e. The van der Waals surface area contributed by atoms with Crippen molar-refractivity contribution in [1.82, 2.24) is 20.6 Å². The summed E-state index contributed by atoms with van der Waals surface area (Å²) in [5.74, 6) is -2.56. The molecule has 31 heavy (non-hydrogen) atoms. The number of hydrogen-bond donors (Lipinski definition) is 5. The number of carboxylic acids is 1. The number of anilines is 1. The Labute approximate surface area is 191 Å². The average molecular weight is 490 g/mol. The number of aliphatic hydroxyl groups is 1. The van der Waals surface area contributed by atoms with E-state index < -0.39 is 23.8 Å². The predicted molar refractivity (Wildman–Crippen MR) is 116 cm³/mol. The number of nitrogens with one attached hydrogen (secondary N) is 3. The zero-order valence-corrected chi connectivity index (χ0v) is 18.8. The highest BCUT2D eigenvalue weighted by Crippen LogP contribution is 2.31. The van der Waals surface area contributed by atoms with E-state index >= 15 is 0 Å². The number of H-pyrrole nitrogens is 1. The molecule has 1 fully saturated rings. The van der Waals surface area contributed by atoms with Crippen LogP contribution in [0.3, 0.4) is 0 Å². The maximum atomic E-state index is 12.8. The van der Waals surface area contributed by atoms with E-state index in [2.05, 4.69) is 20.6 Å². The van der Waals surface area contributed by atoms with Crippen molar-refractivity contribution in [1.29, 1.82) is 0 Å². The van der Waals surface area contributed by atoms with E-state index in [1.54, 1.807) is 6.92 Å². The molecule has 2 atom stereocenters. The average Bonchev–Trinajstić information content (AvgIpc) is 3.34. The number of aromatic carboxylic acids is 1. The van der Waals surface area contributed by atoms with Crippen LogP contribution < -0.4 is 15.5 Å². The molecule has 0 aromatic carbocycles. The van der Waals surface area contributed by atoms with Gasteiger partial charge in [-0.15, -0.1) is 0 Å². The number of hydrogen-bond acceptors (Lipinski definition) is 7. The van der Waals surface area contributed by atoms with Gasteiger partial charge in [-0.05, 0) is 13.3 Å². The maximum Gasteiger partial charge on any atom is 0.347 e. The quantitative estimate of drug-likeness (QED) is 0.395. The highest BCUT2D eigenvalue weighted by atomic mass is 35.5. The van der Waals surface area contributed by atoms with Crippen molar-refractivity contribution < 1.29 is 24.6 Å². The van der Waals surface area contributed by atoms with Gasteiger partial charge in [-0.3, -0.25) is 9.59 Å². The lowest BCUT2D eigenvalue weighted by Crippen LogP contribution is -2.56. The van der Waals surface area contributed by atoms with E-state index in [0.717, 1.165) is 11.3 Å². The minimum Gasteiger partial charge on any atom is -0.477 e. The number of amides is 2. The van der Waals surface area contributed by atoms with Gasteiger partial charge in [0.1, 0.15) is 10.6 Å². The second kappa shape index (κ2) is 9.86. The third-order valence-electron chi connectivity index (χ3n) is 4.93. The summed E-state index contributed by atoms with van der Waals surface area (Å²) in [6, 6.07) is -0.514. The normalized spacial score (nSPS) is 18.6. The summed E-state index contributed by atoms with van der Waals surface area (Å²) in [7, 11) is 0. The molecule has 13 heteroatoms. The van der Waals surface area contributed by atoms with Crippen molar-refractivity contribution in [2.24, 2.45) is 5.92 Å². The molecule has 2 aromatic heterocycles. The fraction of sp³-hybridized carbons (Fsp3) is 0.444. The van der Waals surface area contributed by atoms with Crippen molar-refractivity contribution in [2.75, 3.05) is 31.1 Å². The number of carbonyl (C=O) groups is 3. The number of aliphatic hydroxyl groups excluding tert-OH is 1. The molecule has 2 amide bonds. The monoisotopic (exact) mass is 489 g/mol. The SMILES string of the molecule is Cc1[nH]c(C(=O)NC2CCN(c3ncc(C(=O)O)s3)CC2C(=O)NCCO)c(Cl)c1Cl. The summed E-state index contributed by atoms with van der Waals surface area (Å²) >= 11 is 13.2. The maximum absolute atomic E-state index is 12.8. The van der Waals surface area contributed by atoms with Crippen LogP contribution in [0.25, 0.3) is 0 Å². The Kier molecular flexibility index (Phi) is 7.42. The fourth-order valence-electron chi connectivity index (χ4n) is 3.35. The number of aromatic nitrogens is 2. The van der Waals surface area contributed by atoms with Crippen molar-refractivity contribution in [3.63, 3.8) is 0 Å². The lowest BCUT2D eigenvalue weighted by molar-refractivity contribution is -0.126. The van der Waals surface area contributed by atoms with Crippen LogP contribution >= 0.6 is 34.5 Å². The molecule has 0 saturated carbocycles. The van der Waals surface area contributed by atoms with Gasteiger partial charge in [0.25, 0.3) is 5.91 Å². The first kappa shape index (κ1) is 23.3. The first-order valence-electron chi connectivity index (χ1n) is 9.40. The van der Waals surface area contributed by atoms with E-state index in [-0.39, 0.29) is 46.2 Å². The second-order valence-corrected chi connectivity index (χ2v) is 8.77. The summed E-state index contributed by atoms with van der Waals surface area (Å²) in [5.41, 5.74) is 0.675. The Hall–Kier alpha value is -2.34. The molecular weight excluding hydrogens is 469 g/mol. The molecule has 2 unspecified atom stereocenters. The lowest BCUT2D eigenvalue weighted by Gasteiger charge is -2.38. The highest BCUT2D eigenvalue weighted by molar-refractivity contribution is 7.17. The summed E-state index contributed by atoms with van der Waals surface area (Å²) in [6.07, 6.45) is 1.69. The van der Waals surface area contributed by atoms with Gasteiger partial charge < -0.3 is 30.7 Å². The third kappa shape index (κ3) is 5.12. The Balaban J connectivity index is 1.78. The zero-order valence-electron chi connectivity index (χ0n) is 16.4. The minimum absolute atomic E-state index is 0.0771. The molecular formula is C18H21Cl2N5O5S. The largest absolute Gasteiger partial charge is 0.477 e. The first-order chi connectivity index (χ1) is 14.7. The lowest BCUT2D eigenvalue weighted by atomic mass is 9.91. The molecule has 0 radical (unpaired) electrons. The van der Waals surface area contributed by atoms with Gasteiger partial charge in [0, 0.05) is 31.4 Å². The summed E-state index contributed by atoms with van der Waals surface area (Å²) < 4.78 is 0. The van der Waals surface area contributed by atoms with Crippen LogP contribution in [0.5, 0.6) is 0 Å². The van der Waals surface area contributed by atoms with E-state index in [4.69, 9.17) is 33.4 Å². The number of halogens is 2. The van der Waals surface area contributed by atoms with Gasteiger partial charge in [-0.2, -0.15) is 0 Å². The van der Waals surface area contributed by atoms with Crippen LogP contribution in [-0.4, -0.2) is 70.2 Å². The van der Waals surface area contributed by atoms with Gasteiger partial charge in [-0.1, -0.05) is 34.5 Å². The van der Waals surface area contributed by atoms with Gasteiger partial charge in [0.2, 0.25) is 5.91 Å². The second-order valence-electron chi connectivity index (χ2n) is 7.00. The van der Waals surface area contributed by atoms with Crippen LogP contribution in [0.4, 0.5) is 5.13 Å². The van der Waals surface area contributed by atoms with Crippen LogP contribution in [0, 0.1) is 12.8 Å². The standard InChI is InChI=1S/C18H21Cl2N5O5S/c1-8-12(19)13(20)14(23-8)16(28)24-10-2-4-25(7-9(10)15(27)21-3-5-26)18-22-6-11(31-18)17(29)30/h6,9-10,23,26H,2-5,7H2,1H3,(H,21,27)(H,24,28)(H,29,30). The number of carbonyl (C=O) groups excluding carboxylic acids is 2. The Bertz CT molecular complexity index is 994. The molecule has 10 nitrogen and oxygen atoms in total. The molecule has 1 saturated heterocycles. The molecule has 168 valence electrons. The minimum atomic E-state index is -1.07. The first-order valence-corrected chi connectivity index (χ1v) is 11.0. The summed E-state index contributed by atoms with van der Waals surface area (Å²) in [6.45, 7) is 2.22. The van der Waals surface area contributed by atoms with E-state index in [1.807, 2.05) is 4.90 Å². The number of aromatic amines is 1. The van der Waals surface area contributed by atoms with Gasteiger partial charge in [-0.25, -0.2) is 9.78 Å². The Morgan fingerprint density at radius 2 is 2.10 bits per heavy atom. The van der Waals surface area contributed by atoms with Gasteiger partial charge in [0.15, 0.2) is 5.13 Å². The van der Waals surface area contributed by atoms with Crippen molar-refractivity contribution >= 4 is 57.5 Å². The predicted octanol–water partition coefficient (Wildman–Crippen LogP) is 1.52. The molecule has 0 spiro atoms. The number of carboxylic acid groups (broad SMARTS) is 1. The molecule has 3 heterocycles. The van der Waals surface area contributed by atoms with E-state index in [9.17, 15) is 14.4 Å². The molecule has 1 aliphatic heterocycles. The van der Waals surface area contributed by atoms with Crippen LogP contribution in [-0.2, 0) is 4.79 Å². The fourth-order valence-corrected chi connectivity index (χ4v) is 4.56. The zero-order chi connectivity index (χ0) is 22.7. The molecule has 1 aliphatic rings. The molecule has 3 rings (SSSR count). The number of thiazole rings is 1. The number of nitrogens with zero attached hydrogens (tertiary/aromatic N) is 2. The summed E-state index contributed by atoms with van der Waals surface area (Å²) in [5, 5.41) is 24.5. The number of rotatable bonds is 7. The van der Waals surface area contributed by atoms with E-state index in [1.165, 1.54) is 6.20 Å². The molecule has 0 aliphatic carbocycles. The van der Waals surface area contributed by atoms with Gasteiger partial charge in [0.05, 0.1) is 28.8 Å². The summed E-state index contributed by atoms with van der Waals surface area (Å²) in [4.78, 5) is 45.5. The van der Waals surface area contributed by atoms with Crippen LogP contribution in [0.2, 0.25) is 10.0 Å². The van der Waals surface area contributed by atoms with Crippen LogP contribution in [0.1, 0.15) is 32.3 Å². The number of aryl methyl sites for hydroxylation is 1. The topological polar surface area (TPSA) is 148 Å². The Morgan fingerprint density at radius 1 is 1.35 bits per heavy atom. The van der Waals surface area contributed by atoms with Crippen molar-refractivity contribution in [2.45, 2.75) is 19.4 Å². The van der Waals surface area contributed by atoms with Gasteiger partial charge >= 0.3 is 5.97 Å². The Morgan fingerprint density at radius 3 is 2.68 bits per heavy atom. The van der Waals surface area contributed by atoms with Crippen LogP contribution in [0.15, 0.2) is 6.20 Å². The molecule has 2 aromatic rings.